The van der Waals surface area contributed by atoms with E-state index in [1.54, 1.807) is 6.07 Å². The summed E-state index contributed by atoms with van der Waals surface area (Å²) in [6.45, 7) is 6.21. The fourth-order valence-electron chi connectivity index (χ4n) is 6.14. The molecule has 0 bridgehead atoms. The average Bonchev–Trinajstić information content (AvgIpc) is 2.95. The van der Waals surface area contributed by atoms with E-state index in [9.17, 15) is 10.2 Å². The molecule has 0 aliphatic rings. The second-order valence-electron chi connectivity index (χ2n) is 12.5. The van der Waals surface area contributed by atoms with Gasteiger partial charge in [0.2, 0.25) is 0 Å². The van der Waals surface area contributed by atoms with Crippen molar-refractivity contribution in [1.29, 1.82) is 0 Å². The summed E-state index contributed by atoms with van der Waals surface area (Å²) in [5.41, 5.74) is 4.02. The Bertz CT molecular complexity index is 902. The largest absolute Gasteiger partial charge is 0.508 e. The third-order valence-electron chi connectivity index (χ3n) is 8.86. The van der Waals surface area contributed by atoms with Crippen LogP contribution in [0.3, 0.4) is 0 Å². The normalized spacial score (nSPS) is 12.2. The molecule has 0 amide bonds. The van der Waals surface area contributed by atoms with Crippen LogP contribution in [-0.2, 0) is 0 Å². The van der Waals surface area contributed by atoms with E-state index in [0.29, 0.717) is 11.5 Å². The van der Waals surface area contributed by atoms with Crippen molar-refractivity contribution in [3.63, 3.8) is 0 Å². The standard InChI is InChI=1S/C38H62O2/c1-4-5-6-7-8-9-10-11-12-13-14-15-16-17-18-19-20-21-22-23-24-27-35(34-29-30-37(39)33(3)31-34)36-28-25-26-32(2)38(36)40/h25-26,28-31,35,39-40H,4-24,27H2,1-3H3. The number of hydrogen-bond donors (Lipinski definition) is 2. The summed E-state index contributed by atoms with van der Waals surface area (Å²) >= 11 is 0. The van der Waals surface area contributed by atoms with E-state index in [0.717, 1.165) is 29.5 Å². The maximum atomic E-state index is 10.8. The highest BCUT2D eigenvalue weighted by Gasteiger charge is 2.19. The Hall–Kier alpha value is -1.96. The highest BCUT2D eigenvalue weighted by molar-refractivity contribution is 5.47. The molecule has 0 aliphatic heterocycles. The lowest BCUT2D eigenvalue weighted by Gasteiger charge is -2.21. The van der Waals surface area contributed by atoms with Gasteiger partial charge in [-0.1, -0.05) is 172 Å². The van der Waals surface area contributed by atoms with Crippen molar-refractivity contribution < 1.29 is 10.2 Å². The van der Waals surface area contributed by atoms with Gasteiger partial charge in [-0.25, -0.2) is 0 Å². The Balaban J connectivity index is 1.49. The first-order valence-electron chi connectivity index (χ1n) is 17.1. The van der Waals surface area contributed by atoms with Gasteiger partial charge < -0.3 is 10.2 Å². The quantitative estimate of drug-likeness (QED) is 0.128. The lowest BCUT2D eigenvalue weighted by atomic mass is 9.84. The maximum absolute atomic E-state index is 10.8. The van der Waals surface area contributed by atoms with Crippen LogP contribution in [0.5, 0.6) is 11.5 Å². The lowest BCUT2D eigenvalue weighted by Crippen LogP contribution is -2.03. The summed E-state index contributed by atoms with van der Waals surface area (Å²) in [6, 6.07) is 12.0. The van der Waals surface area contributed by atoms with E-state index < -0.39 is 0 Å². The molecule has 0 saturated heterocycles. The number of para-hydroxylation sites is 1. The molecule has 0 aromatic heterocycles. The van der Waals surface area contributed by atoms with Crippen LogP contribution < -0.4 is 0 Å². The molecule has 2 aromatic carbocycles. The molecule has 226 valence electrons. The van der Waals surface area contributed by atoms with E-state index in [2.05, 4.69) is 19.1 Å². The maximum Gasteiger partial charge on any atom is 0.122 e. The Labute approximate surface area is 248 Å². The summed E-state index contributed by atoms with van der Waals surface area (Å²) in [4.78, 5) is 0. The van der Waals surface area contributed by atoms with Crippen LogP contribution in [0.1, 0.15) is 176 Å². The first-order chi connectivity index (χ1) is 19.5. The molecule has 2 nitrogen and oxygen atoms in total. The van der Waals surface area contributed by atoms with Crippen molar-refractivity contribution in [3.8, 4) is 11.5 Å². The number of phenolic OH excluding ortho intramolecular Hbond substituents is 2. The zero-order valence-corrected chi connectivity index (χ0v) is 26.5. The van der Waals surface area contributed by atoms with Crippen LogP contribution in [0.25, 0.3) is 0 Å². The lowest BCUT2D eigenvalue weighted by molar-refractivity contribution is 0.455. The van der Waals surface area contributed by atoms with Gasteiger partial charge in [0.05, 0.1) is 0 Å². The van der Waals surface area contributed by atoms with Crippen molar-refractivity contribution in [2.45, 2.75) is 168 Å². The van der Waals surface area contributed by atoms with Gasteiger partial charge in [-0.3, -0.25) is 0 Å². The minimum atomic E-state index is 0.166. The van der Waals surface area contributed by atoms with Crippen LogP contribution >= 0.6 is 0 Å². The van der Waals surface area contributed by atoms with E-state index >= 15 is 0 Å². The third-order valence-corrected chi connectivity index (χ3v) is 8.86. The molecule has 0 saturated carbocycles. The predicted octanol–water partition coefficient (Wildman–Crippen LogP) is 12.4. The second-order valence-corrected chi connectivity index (χ2v) is 12.5. The Morgan fingerprint density at radius 1 is 0.525 bits per heavy atom. The Morgan fingerprint density at radius 2 is 0.975 bits per heavy atom. The molecule has 0 aliphatic carbocycles. The van der Waals surface area contributed by atoms with Gasteiger partial charge in [-0.15, -0.1) is 0 Å². The van der Waals surface area contributed by atoms with Crippen LogP contribution in [0.15, 0.2) is 36.4 Å². The number of benzene rings is 2. The van der Waals surface area contributed by atoms with E-state index in [1.165, 1.54) is 134 Å². The highest BCUT2D eigenvalue weighted by atomic mass is 16.3. The topological polar surface area (TPSA) is 40.5 Å². The number of phenols is 2. The van der Waals surface area contributed by atoms with Crippen LogP contribution in [-0.4, -0.2) is 10.2 Å². The molecule has 0 spiro atoms. The molecule has 1 unspecified atom stereocenters. The minimum Gasteiger partial charge on any atom is -0.508 e. The van der Waals surface area contributed by atoms with Crippen molar-refractivity contribution >= 4 is 0 Å². The van der Waals surface area contributed by atoms with Crippen molar-refractivity contribution in [1.82, 2.24) is 0 Å². The smallest absolute Gasteiger partial charge is 0.122 e. The molecule has 2 heteroatoms. The summed E-state index contributed by atoms with van der Waals surface area (Å²) in [7, 11) is 0. The minimum absolute atomic E-state index is 0.166. The van der Waals surface area contributed by atoms with Gasteiger partial charge in [0.15, 0.2) is 0 Å². The summed E-state index contributed by atoms with van der Waals surface area (Å²) in [6.07, 6.45) is 30.4. The number of rotatable bonds is 24. The first-order valence-corrected chi connectivity index (χ1v) is 17.1. The molecule has 1 atom stereocenters. The average molecular weight is 551 g/mol. The zero-order chi connectivity index (χ0) is 28.8. The molecule has 2 N–H and O–H groups in total. The molecule has 40 heavy (non-hydrogen) atoms. The summed E-state index contributed by atoms with van der Waals surface area (Å²) in [5, 5.41) is 20.8. The van der Waals surface area contributed by atoms with Gasteiger partial charge in [-0.2, -0.15) is 0 Å². The summed E-state index contributed by atoms with van der Waals surface area (Å²) < 4.78 is 0. The number of unbranched alkanes of at least 4 members (excludes halogenated alkanes) is 20. The Kier molecular flexibility index (Phi) is 18.6. The molecule has 2 rings (SSSR count). The monoisotopic (exact) mass is 550 g/mol. The fraction of sp³-hybridized carbons (Fsp3) is 0.684. The molecule has 0 radical (unpaired) electrons. The zero-order valence-electron chi connectivity index (χ0n) is 26.5. The molecule has 0 heterocycles. The first kappa shape index (κ1) is 34.2. The van der Waals surface area contributed by atoms with Crippen molar-refractivity contribution in [3.05, 3.63) is 58.7 Å². The SMILES string of the molecule is CCCCCCCCCCCCCCCCCCCCCCCC(c1ccc(O)c(C)c1)c1cccc(C)c1O. The van der Waals surface area contributed by atoms with Crippen LogP contribution in [0.4, 0.5) is 0 Å². The second kappa shape index (κ2) is 21.7. The third kappa shape index (κ3) is 14.1. The van der Waals surface area contributed by atoms with E-state index in [1.807, 2.05) is 32.0 Å². The van der Waals surface area contributed by atoms with Crippen LogP contribution in [0.2, 0.25) is 0 Å². The number of aryl methyl sites for hydroxylation is 2. The molecule has 2 aromatic rings. The van der Waals surface area contributed by atoms with Gasteiger partial charge in [0, 0.05) is 11.5 Å². The number of hydrogen-bond acceptors (Lipinski definition) is 2. The predicted molar refractivity (Wildman–Crippen MR) is 175 cm³/mol. The van der Waals surface area contributed by atoms with Crippen LogP contribution in [0, 0.1) is 13.8 Å². The Morgan fingerprint density at radius 3 is 1.43 bits per heavy atom. The molecule has 0 fully saturated rings. The molecular weight excluding hydrogens is 488 g/mol. The molecular formula is C38H62O2. The number of aromatic hydroxyl groups is 2. The van der Waals surface area contributed by atoms with Gasteiger partial charge >= 0.3 is 0 Å². The van der Waals surface area contributed by atoms with Gasteiger partial charge in [-0.05, 0) is 43.0 Å². The van der Waals surface area contributed by atoms with E-state index in [4.69, 9.17) is 0 Å². The van der Waals surface area contributed by atoms with E-state index in [-0.39, 0.29) is 5.92 Å². The van der Waals surface area contributed by atoms with Crippen molar-refractivity contribution in [2.24, 2.45) is 0 Å². The fourth-order valence-corrected chi connectivity index (χ4v) is 6.14. The van der Waals surface area contributed by atoms with Gasteiger partial charge in [0.1, 0.15) is 11.5 Å². The van der Waals surface area contributed by atoms with Gasteiger partial charge in [0.25, 0.3) is 0 Å². The van der Waals surface area contributed by atoms with Crippen molar-refractivity contribution in [2.75, 3.05) is 0 Å². The highest BCUT2D eigenvalue weighted by Crippen LogP contribution is 2.38. The summed E-state index contributed by atoms with van der Waals surface area (Å²) in [5.74, 6) is 0.922.